The van der Waals surface area contributed by atoms with Crippen LogP contribution in [-0.2, 0) is 33.6 Å². The fourth-order valence-electron chi connectivity index (χ4n) is 7.06. The summed E-state index contributed by atoms with van der Waals surface area (Å²) in [5, 5.41) is 5.87. The topological polar surface area (TPSA) is 129 Å². The summed E-state index contributed by atoms with van der Waals surface area (Å²) < 4.78 is 138. The second-order valence-electron chi connectivity index (χ2n) is 13.8. The van der Waals surface area contributed by atoms with Gasteiger partial charge in [-0.2, -0.15) is 43.2 Å². The molecule has 2 bridgehead atoms. The maximum atomic E-state index is 13.4. The Morgan fingerprint density at radius 2 is 1.25 bits per heavy atom. The summed E-state index contributed by atoms with van der Waals surface area (Å²) in [4.78, 5) is 12.3. The number of carbonyl (C=O) groups excluding carboxylic acids is 1. The summed E-state index contributed by atoms with van der Waals surface area (Å²) >= 11 is 0. The Hall–Kier alpha value is -4.25. The molecule has 2 fully saturated rings. The zero-order valence-corrected chi connectivity index (χ0v) is 31.2. The van der Waals surface area contributed by atoms with E-state index in [-0.39, 0.29) is 27.7 Å². The van der Waals surface area contributed by atoms with E-state index in [9.17, 15) is 48.0 Å². The highest BCUT2D eigenvalue weighted by Crippen LogP contribution is 2.64. The first-order valence-electron chi connectivity index (χ1n) is 16.2. The predicted octanol–water partition coefficient (Wildman–Crippen LogP) is 8.29. The van der Waals surface area contributed by atoms with E-state index in [2.05, 4.69) is 18.9 Å². The zero-order valence-electron chi connectivity index (χ0n) is 29.6. The third-order valence-electron chi connectivity index (χ3n) is 9.80. The van der Waals surface area contributed by atoms with E-state index in [4.69, 9.17) is 0 Å². The molecule has 9 nitrogen and oxygen atoms in total. The maximum absolute atomic E-state index is 13.4. The van der Waals surface area contributed by atoms with Crippen molar-refractivity contribution in [1.82, 2.24) is 0 Å². The van der Waals surface area contributed by atoms with Crippen LogP contribution in [0.5, 0.6) is 0 Å². The monoisotopic (exact) mass is 788 g/mol. The summed E-state index contributed by atoms with van der Waals surface area (Å²) in [7, 11) is -8.98. The number of aryl methyl sites for hydroxylation is 4. The third-order valence-corrected chi connectivity index (χ3v) is 12.4. The van der Waals surface area contributed by atoms with E-state index in [0.717, 1.165) is 11.1 Å². The number of rotatable bonds is 9. The SMILES string of the molecule is Cc1cc(C)c(S(=O)(=O)O/N=C(/c2ccccc2)C(F)(F)F)c(C)c1.Cc1ccc(/C(=N/OS(=O)(=O)CC23CCC(CC2=O)C3(C)C)C(F)(F)F)cc1. The number of halogens is 6. The van der Waals surface area contributed by atoms with Gasteiger partial charge in [-0.3, -0.25) is 13.4 Å². The van der Waals surface area contributed by atoms with E-state index in [1.165, 1.54) is 54.6 Å². The minimum Gasteiger partial charge on any atom is -0.299 e. The van der Waals surface area contributed by atoms with Crippen LogP contribution in [0.2, 0.25) is 0 Å². The number of ketones is 1. The summed E-state index contributed by atoms with van der Waals surface area (Å²) in [6.07, 6.45) is -8.37. The average molecular weight is 789 g/mol. The molecule has 2 unspecified atom stereocenters. The van der Waals surface area contributed by atoms with Gasteiger partial charge in [-0.25, -0.2) is 0 Å². The second-order valence-corrected chi connectivity index (χ2v) is 16.8. The quantitative estimate of drug-likeness (QED) is 0.121. The number of benzene rings is 3. The van der Waals surface area contributed by atoms with Gasteiger partial charge < -0.3 is 0 Å². The molecule has 0 spiro atoms. The molecule has 3 aromatic carbocycles. The van der Waals surface area contributed by atoms with Gasteiger partial charge in [0.25, 0.3) is 0 Å². The Kier molecular flexibility index (Phi) is 11.7. The van der Waals surface area contributed by atoms with Crippen LogP contribution in [0.3, 0.4) is 0 Å². The van der Waals surface area contributed by atoms with Gasteiger partial charge in [0.2, 0.25) is 0 Å². The number of alkyl halides is 6. The van der Waals surface area contributed by atoms with Crippen molar-refractivity contribution in [3.63, 3.8) is 0 Å². The highest BCUT2D eigenvalue weighted by Gasteiger charge is 2.65. The van der Waals surface area contributed by atoms with Crippen molar-refractivity contribution >= 4 is 37.4 Å². The molecule has 2 aliphatic rings. The molecule has 3 aromatic rings. The number of nitrogens with zero attached hydrogens (tertiary/aromatic N) is 2. The number of oxime groups is 2. The minimum atomic E-state index is -4.90. The van der Waals surface area contributed by atoms with Gasteiger partial charge in [-0.05, 0) is 63.0 Å². The first-order valence-corrected chi connectivity index (χ1v) is 19.2. The zero-order chi connectivity index (χ0) is 39.8. The Balaban J connectivity index is 0.000000238. The highest BCUT2D eigenvalue weighted by atomic mass is 32.2. The van der Waals surface area contributed by atoms with Crippen LogP contribution in [0.1, 0.15) is 66.5 Å². The second kappa shape index (κ2) is 14.9. The molecule has 17 heteroatoms. The van der Waals surface area contributed by atoms with Crippen LogP contribution in [-0.4, -0.2) is 52.1 Å². The number of Topliss-reactive ketones (excluding diaryl/α,β-unsaturated/α-hetero) is 1. The van der Waals surface area contributed by atoms with E-state index in [0.29, 0.717) is 30.4 Å². The van der Waals surface area contributed by atoms with Gasteiger partial charge in [0, 0.05) is 17.5 Å². The maximum Gasteiger partial charge on any atom is 0.437 e. The Bertz CT molecular complexity index is 2110. The van der Waals surface area contributed by atoms with E-state index >= 15 is 0 Å². The van der Waals surface area contributed by atoms with Crippen molar-refractivity contribution in [3.05, 3.63) is 100 Å². The number of carbonyl (C=O) groups is 1. The van der Waals surface area contributed by atoms with Crippen molar-refractivity contribution in [1.29, 1.82) is 0 Å². The molecule has 0 amide bonds. The van der Waals surface area contributed by atoms with Gasteiger partial charge in [-0.1, -0.05) is 102 Å². The Labute approximate surface area is 304 Å². The molecule has 0 saturated heterocycles. The van der Waals surface area contributed by atoms with E-state index < -0.39 is 60.6 Å². The lowest BCUT2D eigenvalue weighted by atomic mass is 9.70. The summed E-state index contributed by atoms with van der Waals surface area (Å²) in [5.74, 6) is -0.748. The van der Waals surface area contributed by atoms with Gasteiger partial charge >= 0.3 is 32.6 Å². The molecule has 2 saturated carbocycles. The van der Waals surface area contributed by atoms with Crippen LogP contribution in [0.25, 0.3) is 0 Å². The molecule has 53 heavy (non-hydrogen) atoms. The van der Waals surface area contributed by atoms with Crippen LogP contribution in [0, 0.1) is 44.4 Å². The number of hydrogen-bond donors (Lipinski definition) is 0. The normalized spacial score (nSPS) is 20.5. The lowest BCUT2D eigenvalue weighted by molar-refractivity contribution is -0.128. The van der Waals surface area contributed by atoms with Crippen molar-refractivity contribution in [2.45, 2.75) is 78.1 Å². The smallest absolute Gasteiger partial charge is 0.299 e. The van der Waals surface area contributed by atoms with Crippen molar-refractivity contribution < 1.29 is 56.5 Å². The lowest BCUT2D eigenvalue weighted by Crippen LogP contribution is -2.42. The van der Waals surface area contributed by atoms with E-state index in [1.54, 1.807) is 39.8 Å². The van der Waals surface area contributed by atoms with Crippen LogP contribution in [0.15, 0.2) is 81.9 Å². The summed E-state index contributed by atoms with van der Waals surface area (Å²) in [6, 6.07) is 15.2. The molecule has 0 N–H and O–H groups in total. The first-order chi connectivity index (χ1) is 24.3. The fourth-order valence-corrected chi connectivity index (χ4v) is 9.73. The van der Waals surface area contributed by atoms with Crippen LogP contribution >= 0.6 is 0 Å². The van der Waals surface area contributed by atoms with Crippen LogP contribution < -0.4 is 0 Å². The molecule has 2 atom stereocenters. The highest BCUT2D eigenvalue weighted by molar-refractivity contribution is 7.87. The molecule has 0 aromatic heterocycles. The molecule has 288 valence electrons. The van der Waals surface area contributed by atoms with Crippen LogP contribution in [0.4, 0.5) is 26.3 Å². The van der Waals surface area contributed by atoms with Crippen molar-refractivity contribution in [2.75, 3.05) is 5.75 Å². The lowest BCUT2D eigenvalue weighted by Gasteiger charge is -2.35. The van der Waals surface area contributed by atoms with Crippen molar-refractivity contribution in [2.24, 2.45) is 27.1 Å². The molecule has 0 aliphatic heterocycles. The van der Waals surface area contributed by atoms with Crippen molar-refractivity contribution in [3.8, 4) is 0 Å². The van der Waals surface area contributed by atoms with Gasteiger partial charge in [0.15, 0.2) is 11.4 Å². The van der Waals surface area contributed by atoms with E-state index in [1.807, 2.05) is 13.8 Å². The fraction of sp³-hybridized carbons (Fsp3) is 0.417. The van der Waals surface area contributed by atoms with Gasteiger partial charge in [0.1, 0.15) is 16.4 Å². The predicted molar refractivity (Wildman–Crippen MR) is 185 cm³/mol. The minimum absolute atomic E-state index is 0.0806. The summed E-state index contributed by atoms with van der Waals surface area (Å²) in [6.45, 7) is 10.3. The van der Waals surface area contributed by atoms with Gasteiger partial charge in [0.05, 0.1) is 5.41 Å². The molecular formula is C36H38F6N2O7S2. The molecule has 0 heterocycles. The van der Waals surface area contributed by atoms with Gasteiger partial charge in [-0.15, -0.1) is 0 Å². The molecule has 0 radical (unpaired) electrons. The standard InChI is InChI=1S/C19H22F3NO4S.C17H16F3NO3S/c1-12-4-6-13(7-5-12)16(19(20,21)22)23-27-28(25,26)11-18-9-8-14(10-15(18)24)17(18,2)3;1-11-9-12(2)15(13(3)10-11)25(22,23)24-21-16(17(18,19)20)14-7-5-4-6-8-14/h4-7,14H,8-11H2,1-3H3;4-10H,1-3H3/b23-16-;21-16-. The average Bonchev–Trinajstić information content (AvgIpc) is 3.35. The Morgan fingerprint density at radius 1 is 0.755 bits per heavy atom. The number of fused-ring (bicyclic) bond motifs is 2. The molecular weight excluding hydrogens is 751 g/mol. The first kappa shape index (κ1) is 41.5. The molecule has 5 rings (SSSR count). The largest absolute Gasteiger partial charge is 0.437 e. The Morgan fingerprint density at radius 3 is 1.70 bits per heavy atom. The molecule has 2 aliphatic carbocycles. The number of hydrogen-bond acceptors (Lipinski definition) is 9. The summed E-state index contributed by atoms with van der Waals surface area (Å²) in [5.41, 5.74) is -2.79. The third kappa shape index (κ3) is 9.11.